The molecule has 0 unspecified atom stereocenters. The highest BCUT2D eigenvalue weighted by Gasteiger charge is 2.33. The maximum absolute atomic E-state index is 12.6. The zero-order chi connectivity index (χ0) is 15.4. The van der Waals surface area contributed by atoms with E-state index in [2.05, 4.69) is 9.84 Å². The summed E-state index contributed by atoms with van der Waals surface area (Å²) in [5.41, 5.74) is 0.341. The normalized spacial score (nSPS) is 19.4. The Bertz CT molecular complexity index is 469. The molecule has 0 aromatic carbocycles. The largest absolute Gasteiger partial charge is 0.468 e. The summed E-state index contributed by atoms with van der Waals surface area (Å²) in [7, 11) is 2.85. The monoisotopic (exact) mass is 295 g/mol. The SMILES string of the molecule is COC(=O)CN(C(=O)C1=NN(C)C(=O)CC1)C1CCCC1. The van der Waals surface area contributed by atoms with Crippen molar-refractivity contribution in [1.82, 2.24) is 9.91 Å². The zero-order valence-corrected chi connectivity index (χ0v) is 12.5. The molecule has 0 N–H and O–H groups in total. The lowest BCUT2D eigenvalue weighted by Gasteiger charge is -2.29. The van der Waals surface area contributed by atoms with Gasteiger partial charge in [-0.15, -0.1) is 0 Å². The molecule has 2 rings (SSSR count). The lowest BCUT2D eigenvalue weighted by Crippen LogP contribution is -2.47. The van der Waals surface area contributed by atoms with Crippen LogP contribution in [0.5, 0.6) is 0 Å². The Hall–Kier alpha value is -1.92. The van der Waals surface area contributed by atoms with Crippen molar-refractivity contribution in [3.63, 3.8) is 0 Å². The van der Waals surface area contributed by atoms with E-state index >= 15 is 0 Å². The first-order chi connectivity index (χ1) is 10.0. The van der Waals surface area contributed by atoms with Gasteiger partial charge in [-0.3, -0.25) is 14.4 Å². The summed E-state index contributed by atoms with van der Waals surface area (Å²) in [6, 6.07) is 0.0576. The van der Waals surface area contributed by atoms with E-state index in [0.29, 0.717) is 12.1 Å². The molecule has 1 saturated carbocycles. The van der Waals surface area contributed by atoms with Crippen molar-refractivity contribution in [2.75, 3.05) is 20.7 Å². The minimum atomic E-state index is -0.434. The molecule has 7 heteroatoms. The summed E-state index contributed by atoms with van der Waals surface area (Å²) < 4.78 is 4.68. The van der Waals surface area contributed by atoms with Crippen molar-refractivity contribution < 1.29 is 19.1 Å². The molecular formula is C14H21N3O4. The highest BCUT2D eigenvalue weighted by atomic mass is 16.5. The Kier molecular flexibility index (Phi) is 4.93. The van der Waals surface area contributed by atoms with Crippen molar-refractivity contribution in [3.05, 3.63) is 0 Å². The van der Waals surface area contributed by atoms with Crippen LogP contribution in [0.15, 0.2) is 5.10 Å². The summed E-state index contributed by atoms with van der Waals surface area (Å²) in [6.45, 7) is -0.0588. The fourth-order valence-electron chi connectivity index (χ4n) is 2.78. The summed E-state index contributed by atoms with van der Waals surface area (Å²) >= 11 is 0. The van der Waals surface area contributed by atoms with Crippen molar-refractivity contribution >= 4 is 23.5 Å². The van der Waals surface area contributed by atoms with Crippen LogP contribution in [0.3, 0.4) is 0 Å². The van der Waals surface area contributed by atoms with Gasteiger partial charge < -0.3 is 9.64 Å². The van der Waals surface area contributed by atoms with Crippen LogP contribution in [-0.4, -0.2) is 60.1 Å². The Labute approximate surface area is 123 Å². The number of carbonyl (C=O) groups excluding carboxylic acids is 3. The number of methoxy groups -OCH3 is 1. The quantitative estimate of drug-likeness (QED) is 0.709. The lowest BCUT2D eigenvalue weighted by atomic mass is 10.1. The molecule has 0 bridgehead atoms. The summed E-state index contributed by atoms with van der Waals surface area (Å²) in [5, 5.41) is 5.24. The van der Waals surface area contributed by atoms with Crippen molar-refractivity contribution in [2.45, 2.75) is 44.6 Å². The third kappa shape index (κ3) is 3.59. The van der Waals surface area contributed by atoms with Crippen LogP contribution in [0.4, 0.5) is 0 Å². The first kappa shape index (κ1) is 15.5. The number of hydrogen-bond acceptors (Lipinski definition) is 5. The summed E-state index contributed by atoms with van der Waals surface area (Å²) in [4.78, 5) is 37.2. The Morgan fingerprint density at radius 3 is 2.57 bits per heavy atom. The molecule has 7 nitrogen and oxygen atoms in total. The molecule has 2 amide bonds. The standard InChI is InChI=1S/C14H21N3O4/c1-16-12(18)8-7-11(15-16)14(20)17(9-13(19)21-2)10-5-3-4-6-10/h10H,3-9H2,1-2H3. The van der Waals surface area contributed by atoms with Gasteiger partial charge in [-0.05, 0) is 12.8 Å². The van der Waals surface area contributed by atoms with E-state index in [1.807, 2.05) is 0 Å². The average molecular weight is 295 g/mol. The summed E-state index contributed by atoms with van der Waals surface area (Å²) in [5.74, 6) is -0.797. The van der Waals surface area contributed by atoms with E-state index in [-0.39, 0.29) is 30.8 Å². The number of amides is 2. The molecule has 0 radical (unpaired) electrons. The maximum atomic E-state index is 12.6. The van der Waals surface area contributed by atoms with E-state index in [1.54, 1.807) is 4.90 Å². The van der Waals surface area contributed by atoms with Crippen molar-refractivity contribution in [1.29, 1.82) is 0 Å². The number of ether oxygens (including phenoxy) is 1. The van der Waals surface area contributed by atoms with Gasteiger partial charge in [0.15, 0.2) is 0 Å². The maximum Gasteiger partial charge on any atom is 0.325 e. The molecule has 116 valence electrons. The second kappa shape index (κ2) is 6.69. The first-order valence-corrected chi connectivity index (χ1v) is 7.24. The molecule has 21 heavy (non-hydrogen) atoms. The highest BCUT2D eigenvalue weighted by Crippen LogP contribution is 2.24. The van der Waals surface area contributed by atoms with Crippen LogP contribution in [0.2, 0.25) is 0 Å². The predicted octanol–water partition coefficient (Wildman–Crippen LogP) is 0.539. The van der Waals surface area contributed by atoms with E-state index in [4.69, 9.17) is 0 Å². The molecule has 1 aliphatic carbocycles. The van der Waals surface area contributed by atoms with E-state index < -0.39 is 5.97 Å². The molecule has 0 spiro atoms. The Balaban J connectivity index is 2.15. The number of carbonyl (C=O) groups is 3. The van der Waals surface area contributed by atoms with Crippen LogP contribution in [0.25, 0.3) is 0 Å². The Morgan fingerprint density at radius 2 is 2.00 bits per heavy atom. The van der Waals surface area contributed by atoms with Crippen LogP contribution >= 0.6 is 0 Å². The number of nitrogens with zero attached hydrogens (tertiary/aromatic N) is 3. The van der Waals surface area contributed by atoms with Gasteiger partial charge in [0, 0.05) is 25.9 Å². The fraction of sp³-hybridized carbons (Fsp3) is 0.714. The third-order valence-corrected chi connectivity index (χ3v) is 4.01. The van der Waals surface area contributed by atoms with Crippen LogP contribution in [-0.2, 0) is 19.1 Å². The fourth-order valence-corrected chi connectivity index (χ4v) is 2.78. The molecule has 1 aliphatic heterocycles. The molecule has 0 aromatic rings. The second-order valence-corrected chi connectivity index (χ2v) is 5.41. The van der Waals surface area contributed by atoms with Gasteiger partial charge in [0.25, 0.3) is 5.91 Å². The molecule has 0 atom stereocenters. The van der Waals surface area contributed by atoms with E-state index in [9.17, 15) is 14.4 Å². The minimum Gasteiger partial charge on any atom is -0.468 e. The molecular weight excluding hydrogens is 274 g/mol. The number of hydrogen-bond donors (Lipinski definition) is 0. The smallest absolute Gasteiger partial charge is 0.325 e. The van der Waals surface area contributed by atoms with E-state index in [1.165, 1.54) is 19.2 Å². The third-order valence-electron chi connectivity index (χ3n) is 4.01. The van der Waals surface area contributed by atoms with Crippen molar-refractivity contribution in [3.8, 4) is 0 Å². The molecule has 0 aromatic heterocycles. The number of rotatable bonds is 4. The van der Waals surface area contributed by atoms with E-state index in [0.717, 1.165) is 25.7 Å². The number of hydrazone groups is 1. The number of esters is 1. The topological polar surface area (TPSA) is 79.3 Å². The zero-order valence-electron chi connectivity index (χ0n) is 12.5. The van der Waals surface area contributed by atoms with Gasteiger partial charge >= 0.3 is 5.97 Å². The predicted molar refractivity (Wildman–Crippen MR) is 75.4 cm³/mol. The second-order valence-electron chi connectivity index (χ2n) is 5.41. The van der Waals surface area contributed by atoms with Crippen LogP contribution in [0.1, 0.15) is 38.5 Å². The average Bonchev–Trinajstić information content (AvgIpc) is 3.00. The van der Waals surface area contributed by atoms with Gasteiger partial charge in [0.2, 0.25) is 5.91 Å². The van der Waals surface area contributed by atoms with Gasteiger partial charge in [-0.25, -0.2) is 5.01 Å². The summed E-state index contributed by atoms with van der Waals surface area (Å²) in [6.07, 6.45) is 4.50. The van der Waals surface area contributed by atoms with Gasteiger partial charge in [0.1, 0.15) is 12.3 Å². The molecule has 1 fully saturated rings. The lowest BCUT2D eigenvalue weighted by molar-refractivity contribution is -0.146. The van der Waals surface area contributed by atoms with Crippen molar-refractivity contribution in [2.24, 2.45) is 5.10 Å². The first-order valence-electron chi connectivity index (χ1n) is 7.24. The minimum absolute atomic E-state index is 0.0576. The molecule has 2 aliphatic rings. The molecule has 1 heterocycles. The highest BCUT2D eigenvalue weighted by molar-refractivity contribution is 6.39. The van der Waals surface area contributed by atoms with Crippen LogP contribution < -0.4 is 0 Å². The Morgan fingerprint density at radius 1 is 1.33 bits per heavy atom. The van der Waals surface area contributed by atoms with Crippen LogP contribution in [0, 0.1) is 0 Å². The van der Waals surface area contributed by atoms with Gasteiger partial charge in [-0.2, -0.15) is 5.10 Å². The molecule has 0 saturated heterocycles. The van der Waals surface area contributed by atoms with Gasteiger partial charge in [-0.1, -0.05) is 12.8 Å². The van der Waals surface area contributed by atoms with Gasteiger partial charge in [0.05, 0.1) is 7.11 Å².